The van der Waals surface area contributed by atoms with E-state index in [1.54, 1.807) is 0 Å². The Kier molecular flexibility index (Phi) is 5.05. The molecule has 0 aromatic heterocycles. The SMILES string of the molecule is CCC(C)c1ccc(OCCc2ccc(N)cc2)cc1. The molecule has 0 bridgehead atoms. The summed E-state index contributed by atoms with van der Waals surface area (Å²) in [7, 11) is 0. The van der Waals surface area contributed by atoms with Gasteiger partial charge in [-0.05, 0) is 47.7 Å². The van der Waals surface area contributed by atoms with Crippen molar-refractivity contribution in [3.63, 3.8) is 0 Å². The van der Waals surface area contributed by atoms with Crippen LogP contribution in [0.1, 0.15) is 37.3 Å². The van der Waals surface area contributed by atoms with Crippen LogP contribution in [0.15, 0.2) is 48.5 Å². The summed E-state index contributed by atoms with van der Waals surface area (Å²) in [4.78, 5) is 0. The van der Waals surface area contributed by atoms with E-state index in [2.05, 4.69) is 38.1 Å². The molecule has 1 atom stereocenters. The van der Waals surface area contributed by atoms with Crippen molar-refractivity contribution in [3.05, 3.63) is 59.7 Å². The molecule has 0 aliphatic heterocycles. The van der Waals surface area contributed by atoms with Gasteiger partial charge in [-0.3, -0.25) is 0 Å². The predicted octanol–water partition coefficient (Wildman–Crippen LogP) is 4.40. The lowest BCUT2D eigenvalue weighted by Crippen LogP contribution is -2.01. The van der Waals surface area contributed by atoms with Gasteiger partial charge in [-0.15, -0.1) is 0 Å². The van der Waals surface area contributed by atoms with Crippen molar-refractivity contribution in [2.24, 2.45) is 0 Å². The molecule has 0 saturated carbocycles. The summed E-state index contributed by atoms with van der Waals surface area (Å²) in [5.41, 5.74) is 9.09. The average Bonchev–Trinajstić information content (AvgIpc) is 2.49. The number of hydrogen-bond acceptors (Lipinski definition) is 2. The Morgan fingerprint density at radius 1 is 1.00 bits per heavy atom. The summed E-state index contributed by atoms with van der Waals surface area (Å²) in [6.07, 6.45) is 2.06. The zero-order chi connectivity index (χ0) is 14.4. The lowest BCUT2D eigenvalue weighted by Gasteiger charge is -2.11. The lowest BCUT2D eigenvalue weighted by atomic mass is 9.99. The monoisotopic (exact) mass is 269 g/mol. The third-order valence-corrected chi connectivity index (χ3v) is 3.70. The van der Waals surface area contributed by atoms with Gasteiger partial charge in [-0.1, -0.05) is 38.1 Å². The van der Waals surface area contributed by atoms with Gasteiger partial charge in [0, 0.05) is 12.1 Å². The third-order valence-electron chi connectivity index (χ3n) is 3.70. The molecule has 0 fully saturated rings. The highest BCUT2D eigenvalue weighted by Crippen LogP contribution is 2.21. The molecule has 1 unspecified atom stereocenters. The van der Waals surface area contributed by atoms with Gasteiger partial charge in [-0.2, -0.15) is 0 Å². The first-order chi connectivity index (χ1) is 9.69. The number of anilines is 1. The van der Waals surface area contributed by atoms with Gasteiger partial charge in [-0.25, -0.2) is 0 Å². The topological polar surface area (TPSA) is 35.2 Å². The lowest BCUT2D eigenvalue weighted by molar-refractivity contribution is 0.322. The van der Waals surface area contributed by atoms with Crippen molar-refractivity contribution in [2.75, 3.05) is 12.3 Å². The summed E-state index contributed by atoms with van der Waals surface area (Å²) in [5, 5.41) is 0. The van der Waals surface area contributed by atoms with E-state index in [4.69, 9.17) is 10.5 Å². The molecule has 2 nitrogen and oxygen atoms in total. The quantitative estimate of drug-likeness (QED) is 0.789. The molecule has 0 aliphatic rings. The minimum Gasteiger partial charge on any atom is -0.493 e. The van der Waals surface area contributed by atoms with E-state index >= 15 is 0 Å². The molecule has 2 aromatic carbocycles. The molecule has 106 valence electrons. The molecule has 0 saturated heterocycles. The maximum absolute atomic E-state index is 5.78. The highest BCUT2D eigenvalue weighted by molar-refractivity contribution is 5.39. The van der Waals surface area contributed by atoms with Crippen molar-refractivity contribution in [1.29, 1.82) is 0 Å². The summed E-state index contributed by atoms with van der Waals surface area (Å²) in [6, 6.07) is 16.4. The normalized spacial score (nSPS) is 12.1. The molecule has 2 aromatic rings. The number of nitrogen functional groups attached to an aromatic ring is 1. The Labute approximate surface area is 121 Å². The fourth-order valence-corrected chi connectivity index (χ4v) is 2.10. The van der Waals surface area contributed by atoms with E-state index in [1.165, 1.54) is 11.1 Å². The molecule has 0 radical (unpaired) electrons. The van der Waals surface area contributed by atoms with Gasteiger partial charge in [0.15, 0.2) is 0 Å². The van der Waals surface area contributed by atoms with E-state index in [0.717, 1.165) is 24.3 Å². The number of rotatable bonds is 6. The molecule has 0 heterocycles. The largest absolute Gasteiger partial charge is 0.493 e. The zero-order valence-electron chi connectivity index (χ0n) is 12.3. The van der Waals surface area contributed by atoms with E-state index in [9.17, 15) is 0 Å². The molecule has 2 rings (SSSR count). The molecule has 20 heavy (non-hydrogen) atoms. The first-order valence-electron chi connectivity index (χ1n) is 7.26. The van der Waals surface area contributed by atoms with E-state index in [1.807, 2.05) is 24.3 Å². The maximum Gasteiger partial charge on any atom is 0.119 e. The second kappa shape index (κ2) is 6.99. The summed E-state index contributed by atoms with van der Waals surface area (Å²) >= 11 is 0. The van der Waals surface area contributed by atoms with Crippen molar-refractivity contribution < 1.29 is 4.74 Å². The second-order valence-corrected chi connectivity index (χ2v) is 5.22. The van der Waals surface area contributed by atoms with Gasteiger partial charge in [0.25, 0.3) is 0 Å². The average molecular weight is 269 g/mol. The van der Waals surface area contributed by atoms with Crippen LogP contribution >= 0.6 is 0 Å². The van der Waals surface area contributed by atoms with Crippen LogP contribution in [0.25, 0.3) is 0 Å². The van der Waals surface area contributed by atoms with Crippen LogP contribution in [0.2, 0.25) is 0 Å². The van der Waals surface area contributed by atoms with Crippen molar-refractivity contribution in [1.82, 2.24) is 0 Å². The van der Waals surface area contributed by atoms with Gasteiger partial charge < -0.3 is 10.5 Å². The Balaban J connectivity index is 1.83. The Hall–Kier alpha value is -1.96. The van der Waals surface area contributed by atoms with E-state index < -0.39 is 0 Å². The fourth-order valence-electron chi connectivity index (χ4n) is 2.10. The molecule has 0 aliphatic carbocycles. The number of benzene rings is 2. The van der Waals surface area contributed by atoms with Gasteiger partial charge in [0.05, 0.1) is 6.61 Å². The highest BCUT2D eigenvalue weighted by atomic mass is 16.5. The summed E-state index contributed by atoms with van der Waals surface area (Å²) in [6.45, 7) is 5.14. The van der Waals surface area contributed by atoms with Crippen LogP contribution in [0, 0.1) is 0 Å². The van der Waals surface area contributed by atoms with E-state index in [-0.39, 0.29) is 0 Å². The van der Waals surface area contributed by atoms with Crippen molar-refractivity contribution in [3.8, 4) is 5.75 Å². The molecule has 2 heteroatoms. The Morgan fingerprint density at radius 3 is 2.25 bits per heavy atom. The molecule has 0 spiro atoms. The minimum atomic E-state index is 0.610. The highest BCUT2D eigenvalue weighted by Gasteiger charge is 2.02. The molecular formula is C18H23NO. The first-order valence-corrected chi connectivity index (χ1v) is 7.26. The molecular weight excluding hydrogens is 246 g/mol. The van der Waals surface area contributed by atoms with Crippen LogP contribution in [0.5, 0.6) is 5.75 Å². The Morgan fingerprint density at radius 2 is 1.65 bits per heavy atom. The predicted molar refractivity (Wildman–Crippen MR) is 85.2 cm³/mol. The van der Waals surface area contributed by atoms with Crippen LogP contribution in [0.3, 0.4) is 0 Å². The Bertz CT molecular complexity index is 516. The van der Waals surface area contributed by atoms with Gasteiger partial charge in [0.1, 0.15) is 5.75 Å². The first kappa shape index (κ1) is 14.4. The second-order valence-electron chi connectivity index (χ2n) is 5.22. The van der Waals surface area contributed by atoms with E-state index in [0.29, 0.717) is 12.5 Å². The molecule has 0 amide bonds. The standard InChI is InChI=1S/C18H23NO/c1-3-14(2)16-6-10-18(11-7-16)20-13-12-15-4-8-17(19)9-5-15/h4-11,14H,3,12-13,19H2,1-2H3. The molecule has 2 N–H and O–H groups in total. The smallest absolute Gasteiger partial charge is 0.119 e. The number of hydrogen-bond donors (Lipinski definition) is 1. The maximum atomic E-state index is 5.78. The number of nitrogens with two attached hydrogens (primary N) is 1. The number of ether oxygens (including phenoxy) is 1. The van der Waals surface area contributed by atoms with Crippen LogP contribution < -0.4 is 10.5 Å². The van der Waals surface area contributed by atoms with Crippen molar-refractivity contribution in [2.45, 2.75) is 32.6 Å². The van der Waals surface area contributed by atoms with Crippen molar-refractivity contribution >= 4 is 5.69 Å². The van der Waals surface area contributed by atoms with Crippen LogP contribution in [0.4, 0.5) is 5.69 Å². The van der Waals surface area contributed by atoms with Crippen LogP contribution in [-0.4, -0.2) is 6.61 Å². The zero-order valence-corrected chi connectivity index (χ0v) is 12.3. The summed E-state index contributed by atoms with van der Waals surface area (Å²) in [5.74, 6) is 1.55. The minimum absolute atomic E-state index is 0.610. The van der Waals surface area contributed by atoms with Gasteiger partial charge >= 0.3 is 0 Å². The van der Waals surface area contributed by atoms with Crippen LogP contribution in [-0.2, 0) is 6.42 Å². The fraction of sp³-hybridized carbons (Fsp3) is 0.333. The summed E-state index contributed by atoms with van der Waals surface area (Å²) < 4.78 is 5.78. The van der Waals surface area contributed by atoms with Gasteiger partial charge in [0.2, 0.25) is 0 Å². The third kappa shape index (κ3) is 4.02.